The Labute approximate surface area is 133 Å². The number of methoxy groups -OCH3 is 2. The highest BCUT2D eigenvalue weighted by Crippen LogP contribution is 2.28. The van der Waals surface area contributed by atoms with E-state index >= 15 is 0 Å². The first-order valence-corrected chi connectivity index (χ1v) is 6.88. The molecular weight excluding hydrogens is 298 g/mol. The van der Waals surface area contributed by atoms with E-state index in [1.807, 2.05) is 30.3 Å². The van der Waals surface area contributed by atoms with E-state index in [0.29, 0.717) is 5.75 Å². The second-order valence-corrected chi connectivity index (χ2v) is 4.81. The molecule has 0 saturated heterocycles. The van der Waals surface area contributed by atoms with Crippen LogP contribution in [0, 0.1) is 0 Å². The van der Waals surface area contributed by atoms with Gasteiger partial charge in [0.2, 0.25) is 12.8 Å². The summed E-state index contributed by atoms with van der Waals surface area (Å²) in [6, 6.07) is 12.3. The van der Waals surface area contributed by atoms with Crippen LogP contribution in [0.4, 0.5) is 0 Å². The van der Waals surface area contributed by atoms with Crippen molar-refractivity contribution in [2.24, 2.45) is 0 Å². The fraction of sp³-hybridized carbons (Fsp3) is 0.176. The predicted octanol–water partition coefficient (Wildman–Crippen LogP) is 2.42. The van der Waals surface area contributed by atoms with Crippen molar-refractivity contribution in [3.05, 3.63) is 59.2 Å². The average molecular weight is 316 g/mol. The Hall–Kier alpha value is -3.02. The van der Waals surface area contributed by atoms with Crippen LogP contribution in [-0.4, -0.2) is 41.5 Å². The van der Waals surface area contributed by atoms with Crippen molar-refractivity contribution < 1.29 is 29.3 Å². The van der Waals surface area contributed by atoms with Crippen molar-refractivity contribution in [3.63, 3.8) is 0 Å². The summed E-state index contributed by atoms with van der Waals surface area (Å²) in [5, 5.41) is 19.5. The lowest BCUT2D eigenvalue weighted by Crippen LogP contribution is -2.13. The summed E-state index contributed by atoms with van der Waals surface area (Å²) >= 11 is 0. The third kappa shape index (κ3) is 4.00. The molecule has 2 rings (SSSR count). The van der Waals surface area contributed by atoms with E-state index in [1.165, 1.54) is 32.6 Å². The standard InChI is InChI=1S/C17H17NO5/c1-22-14-8-13(16(17(19)20)15(9-14)23-2)11-18(21)10-12-6-4-3-5-7-12/h3-9,11H,10H2,1-2H3,(H-,19,20,21)/p+1. The molecule has 0 aromatic heterocycles. The first-order chi connectivity index (χ1) is 11.0. The lowest BCUT2D eigenvalue weighted by atomic mass is 10.1. The van der Waals surface area contributed by atoms with E-state index < -0.39 is 5.97 Å². The van der Waals surface area contributed by atoms with Crippen molar-refractivity contribution >= 4 is 12.2 Å². The van der Waals surface area contributed by atoms with Crippen LogP contribution in [0.3, 0.4) is 0 Å². The normalized spacial score (nSPS) is 11.1. The van der Waals surface area contributed by atoms with Gasteiger partial charge in [-0.3, -0.25) is 5.21 Å². The molecule has 0 atom stereocenters. The average Bonchev–Trinajstić information content (AvgIpc) is 2.54. The Kier molecular flexibility index (Phi) is 5.19. The van der Waals surface area contributed by atoms with E-state index in [2.05, 4.69) is 0 Å². The van der Waals surface area contributed by atoms with Gasteiger partial charge in [-0.25, -0.2) is 4.79 Å². The molecule has 0 aliphatic carbocycles. The SMILES string of the molecule is COc1cc(C=[N+](O)Cc2ccccc2)c(C(=O)O)c(OC)c1. The molecule has 0 radical (unpaired) electrons. The van der Waals surface area contributed by atoms with Gasteiger partial charge in [0.15, 0.2) is 0 Å². The van der Waals surface area contributed by atoms with Crippen LogP contribution < -0.4 is 9.47 Å². The number of hydrogen-bond donors (Lipinski definition) is 2. The predicted molar refractivity (Wildman–Crippen MR) is 83.9 cm³/mol. The second kappa shape index (κ2) is 7.31. The molecule has 0 fully saturated rings. The summed E-state index contributed by atoms with van der Waals surface area (Å²) in [5.74, 6) is -0.550. The Balaban J connectivity index is 2.44. The third-order valence-electron chi connectivity index (χ3n) is 3.25. The van der Waals surface area contributed by atoms with Gasteiger partial charge >= 0.3 is 5.97 Å². The number of ether oxygens (including phenoxy) is 2. The minimum Gasteiger partial charge on any atom is -0.497 e. The van der Waals surface area contributed by atoms with Gasteiger partial charge in [0, 0.05) is 11.6 Å². The number of hydroxylamine groups is 1. The summed E-state index contributed by atoms with van der Waals surface area (Å²) in [4.78, 5) is 11.5. The van der Waals surface area contributed by atoms with E-state index in [9.17, 15) is 15.1 Å². The molecular formula is C17H18NO5+. The summed E-state index contributed by atoms with van der Waals surface area (Å²) in [5.41, 5.74) is 1.13. The number of carbonyl (C=O) groups is 1. The van der Waals surface area contributed by atoms with E-state index in [4.69, 9.17) is 9.47 Å². The number of carboxylic acids is 1. The number of aromatic carboxylic acids is 1. The zero-order valence-corrected chi connectivity index (χ0v) is 12.9. The van der Waals surface area contributed by atoms with Crippen LogP contribution in [0.1, 0.15) is 21.5 Å². The quantitative estimate of drug-likeness (QED) is 0.370. The molecule has 23 heavy (non-hydrogen) atoms. The van der Waals surface area contributed by atoms with Crippen molar-refractivity contribution in [2.45, 2.75) is 6.54 Å². The molecule has 6 heteroatoms. The van der Waals surface area contributed by atoms with Gasteiger partial charge in [-0.2, -0.15) is 0 Å². The monoisotopic (exact) mass is 316 g/mol. The molecule has 0 spiro atoms. The van der Waals surface area contributed by atoms with Gasteiger partial charge in [0.1, 0.15) is 17.1 Å². The van der Waals surface area contributed by atoms with Gasteiger partial charge in [-0.15, -0.1) is 0 Å². The maximum absolute atomic E-state index is 11.5. The van der Waals surface area contributed by atoms with Crippen molar-refractivity contribution in [1.29, 1.82) is 0 Å². The second-order valence-electron chi connectivity index (χ2n) is 4.81. The zero-order valence-electron chi connectivity index (χ0n) is 12.9. The van der Waals surface area contributed by atoms with Gasteiger partial charge in [-0.1, -0.05) is 30.3 Å². The van der Waals surface area contributed by atoms with Crippen LogP contribution in [0.15, 0.2) is 42.5 Å². The largest absolute Gasteiger partial charge is 0.497 e. The van der Waals surface area contributed by atoms with Crippen LogP contribution in [0.5, 0.6) is 11.5 Å². The molecule has 0 aliphatic rings. The van der Waals surface area contributed by atoms with E-state index in [-0.39, 0.29) is 23.4 Å². The zero-order chi connectivity index (χ0) is 16.8. The highest BCUT2D eigenvalue weighted by atomic mass is 16.5. The molecule has 120 valence electrons. The fourth-order valence-electron chi connectivity index (χ4n) is 2.20. The molecule has 2 aromatic rings. The van der Waals surface area contributed by atoms with Gasteiger partial charge < -0.3 is 14.6 Å². The molecule has 0 heterocycles. The Bertz CT molecular complexity index is 725. The Morgan fingerprint density at radius 2 is 1.87 bits per heavy atom. The van der Waals surface area contributed by atoms with Crippen LogP contribution in [0.25, 0.3) is 0 Å². The smallest absolute Gasteiger partial charge is 0.340 e. The molecule has 0 bridgehead atoms. The molecule has 0 unspecified atom stereocenters. The first kappa shape index (κ1) is 16.4. The van der Waals surface area contributed by atoms with Gasteiger partial charge in [0.05, 0.1) is 19.8 Å². The van der Waals surface area contributed by atoms with Crippen LogP contribution >= 0.6 is 0 Å². The van der Waals surface area contributed by atoms with Crippen molar-refractivity contribution in [1.82, 2.24) is 0 Å². The highest BCUT2D eigenvalue weighted by Gasteiger charge is 2.20. The van der Waals surface area contributed by atoms with Crippen LogP contribution in [-0.2, 0) is 6.54 Å². The van der Waals surface area contributed by atoms with E-state index in [0.717, 1.165) is 10.3 Å². The molecule has 2 aromatic carbocycles. The molecule has 0 amide bonds. The van der Waals surface area contributed by atoms with Crippen molar-refractivity contribution in [3.8, 4) is 11.5 Å². The number of benzene rings is 2. The van der Waals surface area contributed by atoms with Gasteiger partial charge in [-0.05, 0) is 10.8 Å². The van der Waals surface area contributed by atoms with Gasteiger partial charge in [0.25, 0.3) is 0 Å². The molecule has 2 N–H and O–H groups in total. The number of rotatable bonds is 6. The molecule has 6 nitrogen and oxygen atoms in total. The number of nitrogens with zero attached hydrogens (tertiary/aromatic N) is 1. The number of hydrogen-bond acceptors (Lipinski definition) is 4. The molecule has 0 aliphatic heterocycles. The third-order valence-corrected chi connectivity index (χ3v) is 3.25. The molecule has 0 saturated carbocycles. The maximum Gasteiger partial charge on any atom is 0.340 e. The summed E-state index contributed by atoms with van der Waals surface area (Å²) in [6.07, 6.45) is 1.33. The fourth-order valence-corrected chi connectivity index (χ4v) is 2.20. The summed E-state index contributed by atoms with van der Waals surface area (Å²) in [7, 11) is 2.85. The van der Waals surface area contributed by atoms with E-state index in [1.54, 1.807) is 0 Å². The Morgan fingerprint density at radius 1 is 1.17 bits per heavy atom. The Morgan fingerprint density at radius 3 is 2.43 bits per heavy atom. The first-order valence-electron chi connectivity index (χ1n) is 6.88. The lowest BCUT2D eigenvalue weighted by Gasteiger charge is -2.09. The summed E-state index contributed by atoms with van der Waals surface area (Å²) in [6.45, 7) is 0.222. The lowest BCUT2D eigenvalue weighted by molar-refractivity contribution is -0.783. The minimum absolute atomic E-state index is 0.0413. The minimum atomic E-state index is -1.15. The highest BCUT2D eigenvalue weighted by molar-refractivity contribution is 6.00. The number of carboxylic acid groups (broad SMARTS) is 1. The topological polar surface area (TPSA) is 79.0 Å². The van der Waals surface area contributed by atoms with Crippen LogP contribution in [0.2, 0.25) is 0 Å². The summed E-state index contributed by atoms with van der Waals surface area (Å²) < 4.78 is 11.2. The van der Waals surface area contributed by atoms with Crippen molar-refractivity contribution in [2.75, 3.05) is 14.2 Å². The maximum atomic E-state index is 11.5.